The SMILES string of the molecule is Cc1ccnc(NC(=S)NC(=O)c2ccccc2[N+](=O)[O-])c1. The van der Waals surface area contributed by atoms with Gasteiger partial charge in [0, 0.05) is 12.3 Å². The monoisotopic (exact) mass is 316 g/mol. The summed E-state index contributed by atoms with van der Waals surface area (Å²) in [5.74, 6) is -0.176. The number of anilines is 1. The van der Waals surface area contributed by atoms with Crippen molar-refractivity contribution in [3.63, 3.8) is 0 Å². The Balaban J connectivity index is 2.09. The summed E-state index contributed by atoms with van der Waals surface area (Å²) in [5.41, 5.74) is 0.635. The second-order valence-electron chi connectivity index (χ2n) is 4.40. The van der Waals surface area contributed by atoms with Gasteiger partial charge in [-0.25, -0.2) is 4.98 Å². The second-order valence-corrected chi connectivity index (χ2v) is 4.81. The van der Waals surface area contributed by atoms with E-state index >= 15 is 0 Å². The number of para-hydroxylation sites is 1. The molecular weight excluding hydrogens is 304 g/mol. The average Bonchev–Trinajstić information content (AvgIpc) is 2.47. The minimum absolute atomic E-state index is 0.0150. The highest BCUT2D eigenvalue weighted by atomic mass is 32.1. The molecule has 0 saturated carbocycles. The lowest BCUT2D eigenvalue weighted by molar-refractivity contribution is -0.385. The zero-order valence-electron chi connectivity index (χ0n) is 11.6. The molecule has 112 valence electrons. The minimum Gasteiger partial charge on any atom is -0.317 e. The molecule has 8 heteroatoms. The van der Waals surface area contributed by atoms with Gasteiger partial charge in [0.25, 0.3) is 11.6 Å². The maximum absolute atomic E-state index is 12.1. The summed E-state index contributed by atoms with van der Waals surface area (Å²) in [6, 6.07) is 9.22. The van der Waals surface area contributed by atoms with Crippen LogP contribution in [0.15, 0.2) is 42.6 Å². The third-order valence-electron chi connectivity index (χ3n) is 2.73. The molecule has 2 aromatic rings. The fourth-order valence-corrected chi connectivity index (χ4v) is 1.94. The summed E-state index contributed by atoms with van der Waals surface area (Å²) in [5, 5.41) is 16.1. The molecular formula is C14H12N4O3S. The first-order chi connectivity index (χ1) is 10.5. The number of carbonyl (C=O) groups excluding carboxylic acids is 1. The molecule has 0 spiro atoms. The smallest absolute Gasteiger partial charge is 0.282 e. The Hall–Kier alpha value is -2.87. The molecule has 7 nitrogen and oxygen atoms in total. The molecule has 0 fully saturated rings. The van der Waals surface area contributed by atoms with Gasteiger partial charge in [0.05, 0.1) is 4.92 Å². The van der Waals surface area contributed by atoms with E-state index in [0.717, 1.165) is 5.56 Å². The Kier molecular flexibility index (Phi) is 4.74. The first-order valence-corrected chi connectivity index (χ1v) is 6.66. The number of hydrogen-bond donors (Lipinski definition) is 2. The topological polar surface area (TPSA) is 97.2 Å². The fourth-order valence-electron chi connectivity index (χ4n) is 1.75. The number of amides is 1. The van der Waals surface area contributed by atoms with Crippen LogP contribution in [0.1, 0.15) is 15.9 Å². The number of nitrogens with one attached hydrogen (secondary N) is 2. The molecule has 1 aromatic heterocycles. The number of aryl methyl sites for hydroxylation is 1. The molecule has 22 heavy (non-hydrogen) atoms. The highest BCUT2D eigenvalue weighted by Gasteiger charge is 2.19. The maximum atomic E-state index is 12.1. The molecule has 2 N–H and O–H groups in total. The van der Waals surface area contributed by atoms with Crippen molar-refractivity contribution in [3.8, 4) is 0 Å². The molecule has 0 bridgehead atoms. The summed E-state index contributed by atoms with van der Waals surface area (Å²) in [7, 11) is 0. The first-order valence-electron chi connectivity index (χ1n) is 6.26. The van der Waals surface area contributed by atoms with E-state index in [1.807, 2.05) is 13.0 Å². The van der Waals surface area contributed by atoms with E-state index in [0.29, 0.717) is 5.82 Å². The summed E-state index contributed by atoms with van der Waals surface area (Å²) in [4.78, 5) is 26.4. The number of thiocarbonyl (C=S) groups is 1. The van der Waals surface area contributed by atoms with Gasteiger partial charge in [0.1, 0.15) is 11.4 Å². The molecule has 2 rings (SSSR count). The van der Waals surface area contributed by atoms with E-state index in [2.05, 4.69) is 15.6 Å². The van der Waals surface area contributed by atoms with Crippen LogP contribution in [0.3, 0.4) is 0 Å². The molecule has 1 heterocycles. The third kappa shape index (κ3) is 3.83. The van der Waals surface area contributed by atoms with Gasteiger partial charge in [-0.05, 0) is 42.9 Å². The van der Waals surface area contributed by atoms with Crippen LogP contribution in [0.5, 0.6) is 0 Å². The van der Waals surface area contributed by atoms with Crippen LogP contribution in [-0.4, -0.2) is 20.9 Å². The van der Waals surface area contributed by atoms with Gasteiger partial charge in [-0.15, -0.1) is 0 Å². The number of benzene rings is 1. The molecule has 0 unspecified atom stereocenters. The van der Waals surface area contributed by atoms with Crippen molar-refractivity contribution in [2.75, 3.05) is 5.32 Å². The number of nitro groups is 1. The Bertz CT molecular complexity index is 748. The molecule has 0 aliphatic rings. The highest BCUT2D eigenvalue weighted by Crippen LogP contribution is 2.17. The van der Waals surface area contributed by atoms with E-state index in [1.54, 1.807) is 18.3 Å². The zero-order chi connectivity index (χ0) is 16.1. The van der Waals surface area contributed by atoms with E-state index in [9.17, 15) is 14.9 Å². The van der Waals surface area contributed by atoms with E-state index in [1.165, 1.54) is 18.2 Å². The summed E-state index contributed by atoms with van der Waals surface area (Å²) >= 11 is 5.01. The molecule has 0 atom stereocenters. The average molecular weight is 316 g/mol. The summed E-state index contributed by atoms with van der Waals surface area (Å²) in [6.07, 6.45) is 1.60. The predicted molar refractivity (Wildman–Crippen MR) is 85.8 cm³/mol. The van der Waals surface area contributed by atoms with Crippen molar-refractivity contribution in [2.24, 2.45) is 0 Å². The normalized spacial score (nSPS) is 9.86. The third-order valence-corrected chi connectivity index (χ3v) is 2.93. The zero-order valence-corrected chi connectivity index (χ0v) is 12.4. The van der Waals surface area contributed by atoms with Crippen molar-refractivity contribution in [1.29, 1.82) is 0 Å². The Morgan fingerprint density at radius 1 is 1.32 bits per heavy atom. The molecule has 0 aliphatic carbocycles. The van der Waals surface area contributed by atoms with E-state index < -0.39 is 10.8 Å². The molecule has 1 amide bonds. The van der Waals surface area contributed by atoms with Crippen molar-refractivity contribution in [3.05, 3.63) is 63.8 Å². The van der Waals surface area contributed by atoms with Crippen LogP contribution in [0.4, 0.5) is 11.5 Å². The van der Waals surface area contributed by atoms with Crippen LogP contribution in [0.2, 0.25) is 0 Å². The number of nitrogens with zero attached hydrogens (tertiary/aromatic N) is 2. The van der Waals surface area contributed by atoms with Crippen LogP contribution in [0, 0.1) is 17.0 Å². The largest absolute Gasteiger partial charge is 0.317 e. The quantitative estimate of drug-likeness (QED) is 0.513. The van der Waals surface area contributed by atoms with Gasteiger partial charge >= 0.3 is 0 Å². The number of nitro benzene ring substituents is 1. The van der Waals surface area contributed by atoms with Crippen molar-refractivity contribution < 1.29 is 9.72 Å². The number of hydrogen-bond acceptors (Lipinski definition) is 5. The van der Waals surface area contributed by atoms with E-state index in [-0.39, 0.29) is 16.4 Å². The number of carbonyl (C=O) groups is 1. The van der Waals surface area contributed by atoms with Gasteiger partial charge in [-0.1, -0.05) is 12.1 Å². The number of pyridine rings is 1. The predicted octanol–water partition coefficient (Wildman–Crippen LogP) is 2.43. The summed E-state index contributed by atoms with van der Waals surface area (Å²) in [6.45, 7) is 1.89. The minimum atomic E-state index is -0.655. The lowest BCUT2D eigenvalue weighted by atomic mass is 10.1. The van der Waals surface area contributed by atoms with Crippen LogP contribution < -0.4 is 10.6 Å². The standard InChI is InChI=1S/C14H12N4O3S/c1-9-6-7-15-12(8-9)16-14(22)17-13(19)10-4-2-3-5-11(10)18(20)21/h2-8H,1H3,(H2,15,16,17,19,22). The van der Waals surface area contributed by atoms with Crippen molar-refractivity contribution in [2.45, 2.75) is 6.92 Å². The van der Waals surface area contributed by atoms with Gasteiger partial charge < -0.3 is 5.32 Å². The first kappa shape index (κ1) is 15.5. The fraction of sp³-hybridized carbons (Fsp3) is 0.0714. The number of rotatable bonds is 3. The van der Waals surface area contributed by atoms with Crippen molar-refractivity contribution in [1.82, 2.24) is 10.3 Å². The van der Waals surface area contributed by atoms with Crippen molar-refractivity contribution >= 4 is 34.7 Å². The molecule has 0 aliphatic heterocycles. The van der Waals surface area contributed by atoms with Gasteiger partial charge in [-0.3, -0.25) is 20.2 Å². The lowest BCUT2D eigenvalue weighted by Crippen LogP contribution is -2.34. The number of aromatic nitrogens is 1. The Morgan fingerprint density at radius 3 is 2.73 bits per heavy atom. The molecule has 0 saturated heterocycles. The Morgan fingerprint density at radius 2 is 2.05 bits per heavy atom. The van der Waals surface area contributed by atoms with Crippen LogP contribution in [0.25, 0.3) is 0 Å². The summed E-state index contributed by atoms with van der Waals surface area (Å²) < 4.78 is 0. The Labute approximate surface area is 131 Å². The maximum Gasteiger partial charge on any atom is 0.282 e. The van der Waals surface area contributed by atoms with Gasteiger partial charge in [0.2, 0.25) is 0 Å². The molecule has 0 radical (unpaired) electrons. The second kappa shape index (κ2) is 6.72. The van der Waals surface area contributed by atoms with Crippen LogP contribution >= 0.6 is 12.2 Å². The molecule has 1 aromatic carbocycles. The van der Waals surface area contributed by atoms with E-state index in [4.69, 9.17) is 12.2 Å². The highest BCUT2D eigenvalue weighted by molar-refractivity contribution is 7.80. The van der Waals surface area contributed by atoms with Gasteiger partial charge in [0.15, 0.2) is 5.11 Å². The van der Waals surface area contributed by atoms with Crippen LogP contribution in [-0.2, 0) is 0 Å². The van der Waals surface area contributed by atoms with Gasteiger partial charge in [-0.2, -0.15) is 0 Å². The lowest BCUT2D eigenvalue weighted by Gasteiger charge is -2.09.